The Balaban J connectivity index is 2.14. The van der Waals surface area contributed by atoms with Crippen molar-refractivity contribution in [1.29, 1.82) is 0 Å². The van der Waals surface area contributed by atoms with Crippen LogP contribution in [0.15, 0.2) is 12.4 Å². The highest BCUT2D eigenvalue weighted by Gasteiger charge is 2.15. The molecule has 1 rings (SSSR count). The highest BCUT2D eigenvalue weighted by Crippen LogP contribution is 2.06. The van der Waals surface area contributed by atoms with Crippen molar-refractivity contribution in [3.05, 3.63) is 18.0 Å². The van der Waals surface area contributed by atoms with Gasteiger partial charge >= 0.3 is 5.97 Å². The van der Waals surface area contributed by atoms with Gasteiger partial charge in [-0.3, -0.25) is 9.48 Å². The van der Waals surface area contributed by atoms with Crippen molar-refractivity contribution in [3.63, 3.8) is 0 Å². The van der Waals surface area contributed by atoms with Crippen molar-refractivity contribution in [2.75, 3.05) is 13.1 Å². The molecule has 0 atom stereocenters. The largest absolute Gasteiger partial charge is 0.459 e. The fourth-order valence-electron chi connectivity index (χ4n) is 1.35. The Morgan fingerprint density at radius 3 is 2.76 bits per heavy atom. The minimum Gasteiger partial charge on any atom is -0.459 e. The average Bonchev–Trinajstić information content (AvgIpc) is 2.56. The molecular formula is C12H21N3O2. The van der Waals surface area contributed by atoms with Gasteiger partial charge < -0.3 is 10.1 Å². The molecule has 0 unspecified atom stereocenters. The van der Waals surface area contributed by atoms with Gasteiger partial charge in [-0.2, -0.15) is 5.10 Å². The second-order valence-corrected chi connectivity index (χ2v) is 5.04. The van der Waals surface area contributed by atoms with Crippen LogP contribution in [-0.4, -0.2) is 34.4 Å². The van der Waals surface area contributed by atoms with Gasteiger partial charge in [0.25, 0.3) is 0 Å². The van der Waals surface area contributed by atoms with E-state index in [0.717, 1.165) is 12.1 Å². The molecule has 0 saturated heterocycles. The van der Waals surface area contributed by atoms with E-state index in [1.165, 1.54) is 0 Å². The summed E-state index contributed by atoms with van der Waals surface area (Å²) < 4.78 is 7.01. The van der Waals surface area contributed by atoms with Gasteiger partial charge in [-0.25, -0.2) is 0 Å². The molecule has 0 aliphatic carbocycles. The molecule has 0 fully saturated rings. The quantitative estimate of drug-likeness (QED) is 0.618. The van der Waals surface area contributed by atoms with Crippen LogP contribution in [0.25, 0.3) is 0 Å². The Bertz CT molecular complexity index is 366. The lowest BCUT2D eigenvalue weighted by molar-refractivity contribution is -0.153. The van der Waals surface area contributed by atoms with E-state index in [4.69, 9.17) is 4.74 Å². The molecule has 1 aromatic heterocycles. The normalized spacial score (nSPS) is 11.5. The second kappa shape index (κ2) is 5.82. The Labute approximate surface area is 102 Å². The lowest BCUT2D eigenvalue weighted by Crippen LogP contribution is -2.32. The molecule has 0 amide bonds. The summed E-state index contributed by atoms with van der Waals surface area (Å²) >= 11 is 0. The fraction of sp³-hybridized carbons (Fsp3) is 0.667. The first-order valence-corrected chi connectivity index (χ1v) is 5.78. The summed E-state index contributed by atoms with van der Waals surface area (Å²) in [6, 6.07) is 0. The van der Waals surface area contributed by atoms with Crippen molar-refractivity contribution in [2.45, 2.75) is 39.8 Å². The lowest BCUT2D eigenvalue weighted by Gasteiger charge is -2.19. The molecule has 96 valence electrons. The summed E-state index contributed by atoms with van der Waals surface area (Å²) in [7, 11) is 0. The second-order valence-electron chi connectivity index (χ2n) is 5.04. The van der Waals surface area contributed by atoms with Crippen LogP contribution >= 0.6 is 0 Å². The molecule has 0 radical (unpaired) electrons. The monoisotopic (exact) mass is 239 g/mol. The molecular weight excluding hydrogens is 218 g/mol. The minimum atomic E-state index is -0.419. The van der Waals surface area contributed by atoms with E-state index in [0.29, 0.717) is 6.54 Å². The molecule has 17 heavy (non-hydrogen) atoms. The summed E-state index contributed by atoms with van der Waals surface area (Å²) in [6.45, 7) is 9.25. The minimum absolute atomic E-state index is 0.228. The predicted molar refractivity (Wildman–Crippen MR) is 65.7 cm³/mol. The van der Waals surface area contributed by atoms with Gasteiger partial charge in [0.1, 0.15) is 5.60 Å². The van der Waals surface area contributed by atoms with Gasteiger partial charge in [0.15, 0.2) is 0 Å². The maximum Gasteiger partial charge on any atom is 0.320 e. The van der Waals surface area contributed by atoms with Gasteiger partial charge in [0.2, 0.25) is 0 Å². The summed E-state index contributed by atoms with van der Waals surface area (Å²) in [5.41, 5.74) is 0.717. The van der Waals surface area contributed by atoms with Crippen molar-refractivity contribution in [1.82, 2.24) is 15.1 Å². The third-order valence-electron chi connectivity index (χ3n) is 1.97. The summed E-state index contributed by atoms with van der Waals surface area (Å²) in [6.07, 6.45) is 3.78. The number of ether oxygens (including phenoxy) is 1. The zero-order valence-corrected chi connectivity index (χ0v) is 11.0. The lowest BCUT2D eigenvalue weighted by atomic mass is 10.2. The van der Waals surface area contributed by atoms with Crippen LogP contribution in [0.5, 0.6) is 0 Å². The first-order chi connectivity index (χ1) is 7.87. The fourth-order valence-corrected chi connectivity index (χ4v) is 1.35. The third kappa shape index (κ3) is 6.06. The highest BCUT2D eigenvalue weighted by atomic mass is 16.6. The predicted octanol–water partition coefficient (Wildman–Crippen LogP) is 1.12. The molecule has 0 bridgehead atoms. The molecule has 1 aromatic rings. The van der Waals surface area contributed by atoms with E-state index in [1.54, 1.807) is 0 Å². The standard InChI is InChI=1S/C12H21N3O2/c1-10-7-14-15(9-10)6-5-13-8-11(16)17-12(2,3)4/h7,9,13H,5-6,8H2,1-4H3. The molecule has 0 aliphatic rings. The van der Waals surface area contributed by atoms with E-state index >= 15 is 0 Å². The summed E-state index contributed by atoms with van der Waals surface area (Å²) in [5, 5.41) is 7.18. The number of esters is 1. The highest BCUT2D eigenvalue weighted by molar-refractivity contribution is 5.72. The Kier molecular flexibility index (Phi) is 4.69. The van der Waals surface area contributed by atoms with Crippen LogP contribution in [-0.2, 0) is 16.1 Å². The van der Waals surface area contributed by atoms with Crippen LogP contribution in [0.4, 0.5) is 0 Å². The van der Waals surface area contributed by atoms with Crippen LogP contribution < -0.4 is 5.32 Å². The zero-order valence-electron chi connectivity index (χ0n) is 11.0. The first kappa shape index (κ1) is 13.7. The van der Waals surface area contributed by atoms with Crippen molar-refractivity contribution in [3.8, 4) is 0 Å². The number of hydrogen-bond donors (Lipinski definition) is 1. The number of carbonyl (C=O) groups excluding carboxylic acids is 1. The number of nitrogens with one attached hydrogen (secondary N) is 1. The van der Waals surface area contributed by atoms with Crippen LogP contribution in [0.2, 0.25) is 0 Å². The summed E-state index contributed by atoms with van der Waals surface area (Å²) in [5.74, 6) is -0.228. The smallest absolute Gasteiger partial charge is 0.320 e. The molecule has 0 spiro atoms. The van der Waals surface area contributed by atoms with E-state index in [-0.39, 0.29) is 12.5 Å². The SMILES string of the molecule is Cc1cnn(CCNCC(=O)OC(C)(C)C)c1. The van der Waals surface area contributed by atoms with Crippen LogP contribution in [0, 0.1) is 6.92 Å². The van der Waals surface area contributed by atoms with Gasteiger partial charge in [-0.15, -0.1) is 0 Å². The molecule has 0 saturated carbocycles. The molecule has 0 aromatic carbocycles. The number of carbonyl (C=O) groups is 1. The molecule has 0 aliphatic heterocycles. The van der Waals surface area contributed by atoms with E-state index in [2.05, 4.69) is 10.4 Å². The Morgan fingerprint density at radius 1 is 1.53 bits per heavy atom. The molecule has 5 nitrogen and oxygen atoms in total. The topological polar surface area (TPSA) is 56.2 Å². The molecule has 1 heterocycles. The Hall–Kier alpha value is -1.36. The average molecular weight is 239 g/mol. The third-order valence-corrected chi connectivity index (χ3v) is 1.97. The maximum atomic E-state index is 11.4. The van der Waals surface area contributed by atoms with E-state index < -0.39 is 5.60 Å². The van der Waals surface area contributed by atoms with Crippen LogP contribution in [0.3, 0.4) is 0 Å². The van der Waals surface area contributed by atoms with E-state index in [1.807, 2.05) is 44.8 Å². The van der Waals surface area contributed by atoms with Crippen molar-refractivity contribution >= 4 is 5.97 Å². The number of rotatable bonds is 5. The number of nitrogens with zero attached hydrogens (tertiary/aromatic N) is 2. The van der Waals surface area contributed by atoms with Gasteiger partial charge in [-0.1, -0.05) is 0 Å². The molecule has 5 heteroatoms. The van der Waals surface area contributed by atoms with Crippen LogP contribution in [0.1, 0.15) is 26.3 Å². The van der Waals surface area contributed by atoms with Crippen molar-refractivity contribution < 1.29 is 9.53 Å². The first-order valence-electron chi connectivity index (χ1n) is 5.78. The summed E-state index contributed by atoms with van der Waals surface area (Å²) in [4.78, 5) is 11.4. The molecule has 1 N–H and O–H groups in total. The number of hydrogen-bond acceptors (Lipinski definition) is 4. The number of aryl methyl sites for hydroxylation is 1. The van der Waals surface area contributed by atoms with Gasteiger partial charge in [0, 0.05) is 12.7 Å². The Morgan fingerprint density at radius 2 is 2.24 bits per heavy atom. The number of aromatic nitrogens is 2. The zero-order chi connectivity index (χ0) is 12.9. The van der Waals surface area contributed by atoms with E-state index in [9.17, 15) is 4.79 Å². The maximum absolute atomic E-state index is 11.4. The van der Waals surface area contributed by atoms with Gasteiger partial charge in [-0.05, 0) is 33.3 Å². The van der Waals surface area contributed by atoms with Gasteiger partial charge in [0.05, 0.1) is 19.3 Å². The van der Waals surface area contributed by atoms with Crippen molar-refractivity contribution in [2.24, 2.45) is 0 Å².